The van der Waals surface area contributed by atoms with Crippen LogP contribution in [0.4, 0.5) is 0 Å². The molecule has 2 saturated heterocycles. The second-order valence-electron chi connectivity index (χ2n) is 9.26. The molecule has 32 heavy (non-hydrogen) atoms. The number of ether oxygens (including phenoxy) is 1. The Kier molecular flexibility index (Phi) is 7.05. The Morgan fingerprint density at radius 2 is 1.88 bits per heavy atom. The lowest BCUT2D eigenvalue weighted by Crippen LogP contribution is -2.39. The summed E-state index contributed by atoms with van der Waals surface area (Å²) in [5.41, 5.74) is 2.43. The predicted molar refractivity (Wildman–Crippen MR) is 131 cm³/mol. The zero-order valence-electron chi connectivity index (χ0n) is 18.9. The van der Waals surface area contributed by atoms with Gasteiger partial charge in [0.2, 0.25) is 0 Å². The maximum absolute atomic E-state index is 5.88. The molecule has 2 aliphatic heterocycles. The number of pyridine rings is 1. The molecular weight excluding hydrogens is 418 g/mol. The summed E-state index contributed by atoms with van der Waals surface area (Å²) in [5.74, 6) is 0. The van der Waals surface area contributed by atoms with Crippen LogP contribution in [0.15, 0.2) is 42.7 Å². The summed E-state index contributed by atoms with van der Waals surface area (Å²) >= 11 is 5.88. The van der Waals surface area contributed by atoms with Crippen molar-refractivity contribution in [2.75, 3.05) is 39.4 Å². The molecule has 1 N–H and O–H groups in total. The first-order valence-electron chi connectivity index (χ1n) is 12.3. The van der Waals surface area contributed by atoms with Gasteiger partial charge in [-0.1, -0.05) is 25.3 Å². The fraction of sp³-hybridized carbons (Fsp3) is 0.600. The molecule has 0 bridgehead atoms. The highest BCUT2D eigenvalue weighted by Crippen LogP contribution is 2.41. The van der Waals surface area contributed by atoms with Crippen molar-refractivity contribution in [1.29, 1.82) is 0 Å². The molecule has 0 aromatic carbocycles. The van der Waals surface area contributed by atoms with Gasteiger partial charge >= 0.3 is 0 Å². The van der Waals surface area contributed by atoms with Gasteiger partial charge in [-0.05, 0) is 55.7 Å². The summed E-state index contributed by atoms with van der Waals surface area (Å²) < 4.78 is 8.05. The van der Waals surface area contributed by atoms with E-state index in [0.29, 0.717) is 6.04 Å². The van der Waals surface area contributed by atoms with Crippen LogP contribution in [0.1, 0.15) is 68.0 Å². The fourth-order valence-electron chi connectivity index (χ4n) is 5.61. The Morgan fingerprint density at radius 3 is 2.66 bits per heavy atom. The standard InChI is InChI=1S/C25H35N5OS/c32-25-27-23(21-10-4-5-12-26-21)24(30(25)15-7-13-28-16-18-31-19-17-28)22-11-6-14-29(22)20-8-2-1-3-9-20/h4-6,10-12,14,20,23-24H,1-3,7-9,13,15-19H2,(H,27,32)/t23-,24-/m0/s1. The lowest BCUT2D eigenvalue weighted by Gasteiger charge is -2.33. The molecule has 0 unspecified atom stereocenters. The summed E-state index contributed by atoms with van der Waals surface area (Å²) in [6, 6.07) is 11.5. The van der Waals surface area contributed by atoms with E-state index in [9.17, 15) is 0 Å². The number of hydrogen-bond acceptors (Lipinski definition) is 4. The third-order valence-electron chi connectivity index (χ3n) is 7.26. The smallest absolute Gasteiger partial charge is 0.170 e. The van der Waals surface area contributed by atoms with Gasteiger partial charge in [-0.15, -0.1) is 0 Å². The fourth-order valence-corrected chi connectivity index (χ4v) is 5.94. The molecule has 6 nitrogen and oxygen atoms in total. The van der Waals surface area contributed by atoms with E-state index in [-0.39, 0.29) is 12.1 Å². The molecule has 0 spiro atoms. The van der Waals surface area contributed by atoms with E-state index in [0.717, 1.165) is 56.6 Å². The van der Waals surface area contributed by atoms with Crippen molar-refractivity contribution in [2.24, 2.45) is 0 Å². The van der Waals surface area contributed by atoms with Gasteiger partial charge in [0.15, 0.2) is 5.11 Å². The lowest BCUT2D eigenvalue weighted by molar-refractivity contribution is 0.0365. The van der Waals surface area contributed by atoms with E-state index in [1.807, 2.05) is 12.3 Å². The molecule has 1 saturated carbocycles. The first-order chi connectivity index (χ1) is 15.8. The zero-order valence-corrected chi connectivity index (χ0v) is 19.7. The normalized spacial score (nSPS) is 25.2. The van der Waals surface area contributed by atoms with E-state index >= 15 is 0 Å². The van der Waals surface area contributed by atoms with Gasteiger partial charge in [-0.2, -0.15) is 0 Å². The number of nitrogens with zero attached hydrogens (tertiary/aromatic N) is 4. The third-order valence-corrected chi connectivity index (χ3v) is 7.61. The van der Waals surface area contributed by atoms with Gasteiger partial charge < -0.3 is 19.5 Å². The summed E-state index contributed by atoms with van der Waals surface area (Å²) in [7, 11) is 0. The Hall–Kier alpha value is -1.96. The molecule has 2 aromatic rings. The number of thiocarbonyl (C=S) groups is 1. The summed E-state index contributed by atoms with van der Waals surface area (Å²) in [6.45, 7) is 5.81. The molecule has 3 fully saturated rings. The summed E-state index contributed by atoms with van der Waals surface area (Å²) in [6.07, 6.45) is 11.8. The highest BCUT2D eigenvalue weighted by atomic mass is 32.1. The molecule has 3 aliphatic rings. The van der Waals surface area contributed by atoms with E-state index in [1.54, 1.807) is 0 Å². The van der Waals surface area contributed by atoms with Crippen molar-refractivity contribution in [3.8, 4) is 0 Å². The molecule has 4 heterocycles. The minimum atomic E-state index is 0.0735. The van der Waals surface area contributed by atoms with Gasteiger partial charge in [-0.25, -0.2) is 0 Å². The SMILES string of the molecule is S=C1N[C@@H](c2ccccn2)[C@H](c2cccn2C2CCCCC2)N1CCCN1CCOCC1. The average Bonchev–Trinajstić information content (AvgIpc) is 3.45. The van der Waals surface area contributed by atoms with Gasteiger partial charge in [0.1, 0.15) is 0 Å². The van der Waals surface area contributed by atoms with E-state index in [4.69, 9.17) is 21.9 Å². The first-order valence-corrected chi connectivity index (χ1v) is 12.7. The Balaban J connectivity index is 1.39. The molecule has 7 heteroatoms. The minimum absolute atomic E-state index is 0.0735. The van der Waals surface area contributed by atoms with E-state index in [1.165, 1.54) is 37.8 Å². The number of rotatable bonds is 7. The zero-order chi connectivity index (χ0) is 21.8. The topological polar surface area (TPSA) is 45.6 Å². The third kappa shape index (κ3) is 4.70. The van der Waals surface area contributed by atoms with Gasteiger partial charge in [0.05, 0.1) is 31.0 Å². The summed E-state index contributed by atoms with van der Waals surface area (Å²) in [4.78, 5) is 9.63. The Bertz CT molecular complexity index is 875. The van der Waals surface area contributed by atoms with Crippen LogP contribution in [-0.4, -0.2) is 63.9 Å². The highest BCUT2D eigenvalue weighted by molar-refractivity contribution is 7.80. The van der Waals surface area contributed by atoms with Gasteiger partial charge in [-0.3, -0.25) is 9.88 Å². The molecule has 172 valence electrons. The van der Waals surface area contributed by atoms with Crippen LogP contribution in [0.2, 0.25) is 0 Å². The van der Waals surface area contributed by atoms with Crippen LogP contribution >= 0.6 is 12.2 Å². The van der Waals surface area contributed by atoms with E-state index in [2.05, 4.69) is 50.1 Å². The van der Waals surface area contributed by atoms with Crippen molar-refractivity contribution in [1.82, 2.24) is 24.7 Å². The van der Waals surface area contributed by atoms with Crippen molar-refractivity contribution in [2.45, 2.75) is 56.7 Å². The van der Waals surface area contributed by atoms with Crippen molar-refractivity contribution in [3.63, 3.8) is 0 Å². The molecular formula is C25H35N5OS. The monoisotopic (exact) mass is 453 g/mol. The lowest BCUT2D eigenvalue weighted by atomic mass is 9.94. The molecule has 2 atom stereocenters. The molecule has 1 aliphatic carbocycles. The van der Waals surface area contributed by atoms with Crippen LogP contribution in [0, 0.1) is 0 Å². The molecule has 2 aromatic heterocycles. The predicted octanol–water partition coefficient (Wildman–Crippen LogP) is 4.08. The quantitative estimate of drug-likeness (QED) is 0.638. The Labute approximate surface area is 196 Å². The number of aromatic nitrogens is 2. The number of hydrogen-bond donors (Lipinski definition) is 1. The van der Waals surface area contributed by atoms with Crippen LogP contribution in [0.25, 0.3) is 0 Å². The van der Waals surface area contributed by atoms with Gasteiger partial charge in [0.25, 0.3) is 0 Å². The molecule has 5 rings (SSSR count). The van der Waals surface area contributed by atoms with Crippen molar-refractivity contribution in [3.05, 3.63) is 54.1 Å². The van der Waals surface area contributed by atoms with Crippen molar-refractivity contribution < 1.29 is 4.74 Å². The highest BCUT2D eigenvalue weighted by Gasteiger charge is 2.41. The Morgan fingerprint density at radius 1 is 1.03 bits per heavy atom. The van der Waals surface area contributed by atoms with Crippen molar-refractivity contribution >= 4 is 17.3 Å². The second-order valence-corrected chi connectivity index (χ2v) is 9.65. The summed E-state index contributed by atoms with van der Waals surface area (Å²) in [5, 5.41) is 4.48. The first kappa shape index (κ1) is 21.9. The van der Waals surface area contributed by atoms with Crippen LogP contribution in [0.3, 0.4) is 0 Å². The van der Waals surface area contributed by atoms with Crippen LogP contribution < -0.4 is 5.32 Å². The molecule has 0 amide bonds. The largest absolute Gasteiger partial charge is 0.379 e. The van der Waals surface area contributed by atoms with Crippen LogP contribution in [0.5, 0.6) is 0 Å². The van der Waals surface area contributed by atoms with Gasteiger partial charge in [0, 0.05) is 50.3 Å². The maximum atomic E-state index is 5.88. The average molecular weight is 454 g/mol. The van der Waals surface area contributed by atoms with Crippen LogP contribution in [-0.2, 0) is 4.74 Å². The maximum Gasteiger partial charge on any atom is 0.170 e. The number of morpholine rings is 1. The second kappa shape index (κ2) is 10.3. The minimum Gasteiger partial charge on any atom is -0.379 e. The van der Waals surface area contributed by atoms with E-state index < -0.39 is 0 Å². The number of nitrogens with one attached hydrogen (secondary N) is 1. The molecule has 0 radical (unpaired) electrons.